The monoisotopic (exact) mass is 262 g/mol. The molecular formula is C14H22N4O. The summed E-state index contributed by atoms with van der Waals surface area (Å²) in [4.78, 5) is 15.9. The minimum atomic E-state index is 0.0440. The molecule has 1 saturated heterocycles. The summed E-state index contributed by atoms with van der Waals surface area (Å²) in [5.41, 5.74) is 7.84. The second kappa shape index (κ2) is 6.31. The van der Waals surface area contributed by atoms with Crippen molar-refractivity contribution in [1.82, 2.24) is 10.2 Å². The Hall–Kier alpha value is -1.91. The van der Waals surface area contributed by atoms with Gasteiger partial charge in [0.05, 0.1) is 11.4 Å². The highest BCUT2D eigenvalue weighted by Gasteiger charge is 2.21. The van der Waals surface area contributed by atoms with E-state index in [1.807, 2.05) is 29.2 Å². The van der Waals surface area contributed by atoms with E-state index in [4.69, 9.17) is 5.73 Å². The van der Waals surface area contributed by atoms with E-state index in [-0.39, 0.29) is 6.03 Å². The van der Waals surface area contributed by atoms with E-state index in [1.54, 1.807) is 0 Å². The number of carbonyl (C=O) groups excluding carboxylic acids is 1. The molecule has 0 unspecified atom stereocenters. The van der Waals surface area contributed by atoms with Crippen LogP contribution in [0, 0.1) is 0 Å². The maximum Gasteiger partial charge on any atom is 0.317 e. The lowest BCUT2D eigenvalue weighted by Gasteiger charge is -2.36. The quantitative estimate of drug-likeness (QED) is 0.812. The molecule has 5 nitrogen and oxygen atoms in total. The van der Waals surface area contributed by atoms with E-state index in [2.05, 4.69) is 17.1 Å². The van der Waals surface area contributed by atoms with Crippen LogP contribution in [0.3, 0.4) is 0 Å². The van der Waals surface area contributed by atoms with Crippen molar-refractivity contribution in [1.29, 1.82) is 0 Å². The van der Waals surface area contributed by atoms with Gasteiger partial charge in [-0.1, -0.05) is 19.1 Å². The first-order valence-corrected chi connectivity index (χ1v) is 6.84. The van der Waals surface area contributed by atoms with Gasteiger partial charge in [-0.25, -0.2) is 4.79 Å². The summed E-state index contributed by atoms with van der Waals surface area (Å²) < 4.78 is 0. The summed E-state index contributed by atoms with van der Waals surface area (Å²) in [5, 5.41) is 2.91. The van der Waals surface area contributed by atoms with E-state index in [1.165, 1.54) is 0 Å². The molecule has 1 aromatic carbocycles. The Labute approximate surface area is 114 Å². The number of carbonyl (C=O) groups is 1. The number of nitrogens with zero attached hydrogens (tertiary/aromatic N) is 2. The number of nitrogens with two attached hydrogens (primary N) is 1. The highest BCUT2D eigenvalue weighted by atomic mass is 16.2. The lowest BCUT2D eigenvalue weighted by Crippen LogP contribution is -2.52. The van der Waals surface area contributed by atoms with Crippen LogP contribution in [0.25, 0.3) is 0 Å². The van der Waals surface area contributed by atoms with Crippen LogP contribution in [0.1, 0.15) is 13.3 Å². The predicted molar refractivity (Wildman–Crippen MR) is 78.3 cm³/mol. The van der Waals surface area contributed by atoms with Gasteiger partial charge < -0.3 is 20.9 Å². The van der Waals surface area contributed by atoms with E-state index < -0.39 is 0 Å². The van der Waals surface area contributed by atoms with Crippen molar-refractivity contribution in [2.45, 2.75) is 13.3 Å². The summed E-state index contributed by atoms with van der Waals surface area (Å²) in [5.74, 6) is 0. The summed E-state index contributed by atoms with van der Waals surface area (Å²) in [7, 11) is 0. The summed E-state index contributed by atoms with van der Waals surface area (Å²) >= 11 is 0. The van der Waals surface area contributed by atoms with Gasteiger partial charge in [-0.2, -0.15) is 0 Å². The van der Waals surface area contributed by atoms with Gasteiger partial charge in [0.1, 0.15) is 0 Å². The highest BCUT2D eigenvalue weighted by Crippen LogP contribution is 2.23. The van der Waals surface area contributed by atoms with Gasteiger partial charge in [-0.15, -0.1) is 0 Å². The first-order chi connectivity index (χ1) is 9.22. The summed E-state index contributed by atoms with van der Waals surface area (Å²) in [6, 6.07) is 7.92. The number of piperazine rings is 1. The Morgan fingerprint density at radius 3 is 2.58 bits per heavy atom. The molecule has 1 aromatic rings. The first-order valence-electron chi connectivity index (χ1n) is 6.84. The number of benzene rings is 1. The number of para-hydroxylation sites is 2. The van der Waals surface area contributed by atoms with E-state index in [0.717, 1.165) is 50.5 Å². The molecule has 1 heterocycles. The second-order valence-electron chi connectivity index (χ2n) is 4.76. The van der Waals surface area contributed by atoms with Gasteiger partial charge in [-0.05, 0) is 18.6 Å². The van der Waals surface area contributed by atoms with Gasteiger partial charge in [0.15, 0.2) is 0 Å². The van der Waals surface area contributed by atoms with Crippen LogP contribution in [0.15, 0.2) is 24.3 Å². The number of urea groups is 1. The van der Waals surface area contributed by atoms with E-state index in [0.29, 0.717) is 0 Å². The number of nitrogen functional groups attached to an aromatic ring is 1. The minimum absolute atomic E-state index is 0.0440. The molecule has 0 radical (unpaired) electrons. The Morgan fingerprint density at radius 1 is 1.26 bits per heavy atom. The molecule has 0 spiro atoms. The topological polar surface area (TPSA) is 61.6 Å². The molecule has 2 amide bonds. The van der Waals surface area contributed by atoms with Crippen molar-refractivity contribution in [3.8, 4) is 0 Å². The number of anilines is 2. The number of hydrogen-bond donors (Lipinski definition) is 2. The van der Waals surface area contributed by atoms with Gasteiger partial charge in [0.2, 0.25) is 0 Å². The molecule has 0 atom stereocenters. The maximum absolute atomic E-state index is 11.8. The molecule has 0 saturated carbocycles. The van der Waals surface area contributed by atoms with Crippen LogP contribution < -0.4 is 16.0 Å². The van der Waals surface area contributed by atoms with Crippen LogP contribution >= 0.6 is 0 Å². The van der Waals surface area contributed by atoms with Crippen LogP contribution in [0.5, 0.6) is 0 Å². The Bertz CT molecular complexity index is 427. The van der Waals surface area contributed by atoms with Crippen LogP contribution in [-0.2, 0) is 0 Å². The molecule has 3 N–H and O–H groups in total. The van der Waals surface area contributed by atoms with Gasteiger partial charge in [-0.3, -0.25) is 0 Å². The standard InChI is InChI=1S/C14H22N4O/c1-2-7-16-14(19)18-10-8-17(9-11-18)13-6-4-3-5-12(13)15/h3-6H,2,7-11,15H2,1H3,(H,16,19). The normalized spacial score (nSPS) is 15.4. The molecule has 5 heteroatoms. The van der Waals surface area contributed by atoms with Crippen molar-refractivity contribution in [2.24, 2.45) is 0 Å². The largest absolute Gasteiger partial charge is 0.397 e. The smallest absolute Gasteiger partial charge is 0.317 e. The Kier molecular flexibility index (Phi) is 4.49. The van der Waals surface area contributed by atoms with E-state index in [9.17, 15) is 4.79 Å². The molecule has 1 aliphatic rings. The lowest BCUT2D eigenvalue weighted by molar-refractivity contribution is 0.194. The fourth-order valence-electron chi connectivity index (χ4n) is 2.27. The van der Waals surface area contributed by atoms with E-state index >= 15 is 0 Å². The zero-order chi connectivity index (χ0) is 13.7. The molecule has 2 rings (SSSR count). The SMILES string of the molecule is CCCNC(=O)N1CCN(c2ccccc2N)CC1. The zero-order valence-electron chi connectivity index (χ0n) is 11.4. The van der Waals surface area contributed by atoms with Crippen molar-refractivity contribution >= 4 is 17.4 Å². The van der Waals surface area contributed by atoms with Crippen molar-refractivity contribution in [3.63, 3.8) is 0 Å². The van der Waals surface area contributed by atoms with Gasteiger partial charge >= 0.3 is 6.03 Å². The molecule has 104 valence electrons. The van der Waals surface area contributed by atoms with Crippen LogP contribution in [0.4, 0.5) is 16.2 Å². The number of amides is 2. The Balaban J connectivity index is 1.89. The average Bonchev–Trinajstić information content (AvgIpc) is 2.45. The average molecular weight is 262 g/mol. The minimum Gasteiger partial charge on any atom is -0.397 e. The summed E-state index contributed by atoms with van der Waals surface area (Å²) in [6.45, 7) is 5.93. The fraction of sp³-hybridized carbons (Fsp3) is 0.500. The molecule has 1 fully saturated rings. The lowest BCUT2D eigenvalue weighted by atomic mass is 10.2. The number of rotatable bonds is 3. The van der Waals surface area contributed by atoms with Gasteiger partial charge in [0.25, 0.3) is 0 Å². The number of hydrogen-bond acceptors (Lipinski definition) is 3. The molecule has 19 heavy (non-hydrogen) atoms. The van der Waals surface area contributed by atoms with Crippen LogP contribution in [0.2, 0.25) is 0 Å². The zero-order valence-corrected chi connectivity index (χ0v) is 11.4. The summed E-state index contributed by atoms with van der Waals surface area (Å²) in [6.07, 6.45) is 0.965. The third-order valence-corrected chi connectivity index (χ3v) is 3.37. The highest BCUT2D eigenvalue weighted by molar-refractivity contribution is 5.75. The second-order valence-corrected chi connectivity index (χ2v) is 4.76. The van der Waals surface area contributed by atoms with Crippen molar-refractivity contribution in [3.05, 3.63) is 24.3 Å². The molecule has 1 aliphatic heterocycles. The molecule has 0 aliphatic carbocycles. The third-order valence-electron chi connectivity index (χ3n) is 3.37. The van der Waals surface area contributed by atoms with Crippen molar-refractivity contribution < 1.29 is 4.79 Å². The molecule has 0 bridgehead atoms. The fourth-order valence-corrected chi connectivity index (χ4v) is 2.27. The molecular weight excluding hydrogens is 240 g/mol. The van der Waals surface area contributed by atoms with Crippen molar-refractivity contribution in [2.75, 3.05) is 43.4 Å². The maximum atomic E-state index is 11.8. The van der Waals surface area contributed by atoms with Gasteiger partial charge in [0, 0.05) is 32.7 Å². The Morgan fingerprint density at radius 2 is 1.95 bits per heavy atom. The van der Waals surface area contributed by atoms with Crippen LogP contribution in [-0.4, -0.2) is 43.7 Å². The molecule has 0 aromatic heterocycles. The number of nitrogens with one attached hydrogen (secondary N) is 1. The third kappa shape index (κ3) is 3.30. The predicted octanol–water partition coefficient (Wildman–Crippen LogP) is 1.51. The first kappa shape index (κ1) is 13.5.